The van der Waals surface area contributed by atoms with Crippen LogP contribution in [0.3, 0.4) is 0 Å². The molecule has 618 valence electrons. The number of ketones is 2. The molecule has 130 heavy (non-hydrogen) atoms. The average Bonchev–Trinajstić information content (AvgIpc) is 0.725. The normalized spacial score (nSPS) is 11.4. The van der Waals surface area contributed by atoms with Gasteiger partial charge in [0.1, 0.15) is 11.6 Å². The smallest absolute Gasteiger partial charge is 0.328 e. The Morgan fingerprint density at radius 3 is 0.777 bits per heavy atom. The molecule has 24 rings (SSSR count). The first-order valence-corrected chi connectivity index (χ1v) is 43.6. The van der Waals surface area contributed by atoms with E-state index >= 15 is 0 Å². The van der Waals surface area contributed by atoms with Crippen molar-refractivity contribution in [3.8, 4) is 0 Å². The number of aryl methyl sites for hydroxylation is 2. The van der Waals surface area contributed by atoms with Gasteiger partial charge in [0.25, 0.3) is 0 Å². The van der Waals surface area contributed by atoms with Gasteiger partial charge in [-0.1, -0.05) is 301 Å². The Kier molecular flexibility index (Phi) is 21.3. The summed E-state index contributed by atoms with van der Waals surface area (Å²) in [5, 5.41) is 27.7. The summed E-state index contributed by atoms with van der Waals surface area (Å²) in [5.74, 6) is -0.125. The topological polar surface area (TPSA) is 98.7 Å². The van der Waals surface area contributed by atoms with Gasteiger partial charge < -0.3 is 29.6 Å². The van der Waals surface area contributed by atoms with Gasteiger partial charge in [-0.2, -0.15) is 0 Å². The number of aromatic nitrogens is 4. The van der Waals surface area contributed by atoms with E-state index in [2.05, 4.69) is 432 Å². The fourth-order valence-electron chi connectivity index (χ4n) is 19.2. The molecule has 2 aromatic heterocycles. The molecule has 0 unspecified atom stereocenters. The number of carbonyl (C=O) groups excluding carboxylic acids is 2. The molecule has 0 aliphatic rings. The third-order valence-corrected chi connectivity index (χ3v) is 24.7. The van der Waals surface area contributed by atoms with Crippen LogP contribution in [0.1, 0.15) is 31.7 Å². The van der Waals surface area contributed by atoms with Crippen LogP contribution in [-0.2, 0) is 29.7 Å². The number of fused-ring (bicyclic) bond motifs is 24. The van der Waals surface area contributed by atoms with Gasteiger partial charge in [0.2, 0.25) is 0 Å². The first kappa shape index (κ1) is 80.9. The number of anilines is 12. The second-order valence-corrected chi connectivity index (χ2v) is 33.1. The summed E-state index contributed by atoms with van der Waals surface area (Å²) < 4.78 is 0. The van der Waals surface area contributed by atoms with Crippen LogP contribution in [0.25, 0.3) is 151 Å². The number of para-hydroxylation sites is 4. The number of benzene rings is 22. The van der Waals surface area contributed by atoms with E-state index < -0.39 is 0 Å². The second-order valence-electron chi connectivity index (χ2n) is 33.1. The Labute approximate surface area is 765 Å². The maximum Gasteiger partial charge on any atom is 3.00 e. The number of hydrogen-bond acceptors (Lipinski definition) is 10. The van der Waals surface area contributed by atoms with Crippen molar-refractivity contribution in [2.24, 2.45) is 0 Å². The van der Waals surface area contributed by atoms with Crippen LogP contribution in [0, 0.1) is 26.0 Å². The minimum absolute atomic E-state index is 0. The molecular formula is C119H82IrN8O2+. The van der Waals surface area contributed by atoms with Gasteiger partial charge in [-0.15, -0.1) is 47.2 Å². The summed E-state index contributed by atoms with van der Waals surface area (Å²) in [6.07, 6.45) is 3.84. The molecule has 0 saturated heterocycles. The van der Waals surface area contributed by atoms with Gasteiger partial charge in [0.15, 0.2) is 0 Å². The standard InChI is InChI=1S/2C57H37N4.C5H8O2.Ir/c2*1-37-36-58-56-52-34-42(60(40-18-4-2-5-19-40)54-32-38-16-8-10-22-44(38)46-24-12-14-26-50(46)54)28-30-48(52)49-31-29-43(35-53(49)57(56)59-37)61(41-20-6-3-7-21-41)55-33-39-17-9-11-23-45(39)47-25-13-15-27-51(47)55;1-4(6)3-5(2)7;/h2*2-33,35-36H,1H3;3H2,1-2H3;/q2*-1;;+3. The van der Waals surface area contributed by atoms with Crippen LogP contribution in [0.4, 0.5) is 68.2 Å². The van der Waals surface area contributed by atoms with Crippen LogP contribution < -0.4 is 19.6 Å². The summed E-state index contributed by atoms with van der Waals surface area (Å²) in [4.78, 5) is 50.3. The van der Waals surface area contributed by atoms with E-state index in [0.717, 1.165) is 145 Å². The average molecular weight is 1850 g/mol. The van der Waals surface area contributed by atoms with Crippen LogP contribution in [-0.4, -0.2) is 31.5 Å². The van der Waals surface area contributed by atoms with Crippen molar-refractivity contribution in [3.63, 3.8) is 0 Å². The quantitative estimate of drug-likeness (QED) is 0.0595. The van der Waals surface area contributed by atoms with Crippen LogP contribution >= 0.6 is 0 Å². The van der Waals surface area contributed by atoms with Gasteiger partial charge >= 0.3 is 20.1 Å². The molecule has 0 aliphatic heterocycles. The molecule has 0 fully saturated rings. The van der Waals surface area contributed by atoms with Crippen LogP contribution in [0.2, 0.25) is 0 Å². The maximum absolute atomic E-state index is 10.0. The summed E-state index contributed by atoms with van der Waals surface area (Å²) in [6, 6.07) is 152. The molecular weight excluding hydrogens is 1770 g/mol. The zero-order chi connectivity index (χ0) is 86.7. The van der Waals surface area contributed by atoms with E-state index in [9.17, 15) is 9.59 Å². The molecule has 11 heteroatoms. The predicted molar refractivity (Wildman–Crippen MR) is 541 cm³/mol. The van der Waals surface area contributed by atoms with Gasteiger partial charge in [-0.05, 0) is 212 Å². The van der Waals surface area contributed by atoms with Crippen LogP contribution in [0.5, 0.6) is 0 Å². The van der Waals surface area contributed by atoms with Crippen LogP contribution in [0.15, 0.2) is 413 Å². The second kappa shape index (κ2) is 34.3. The largest absolute Gasteiger partial charge is 3.00 e. The molecule has 0 saturated carbocycles. The van der Waals surface area contributed by atoms with Crippen molar-refractivity contribution >= 4 is 231 Å². The molecule has 0 spiro atoms. The summed E-state index contributed by atoms with van der Waals surface area (Å²) >= 11 is 0. The van der Waals surface area contributed by atoms with Crippen molar-refractivity contribution in [1.29, 1.82) is 0 Å². The summed E-state index contributed by atoms with van der Waals surface area (Å²) in [5.41, 5.74) is 17.7. The number of hydrogen-bond donors (Lipinski definition) is 0. The Balaban J connectivity index is 0.000000146. The van der Waals surface area contributed by atoms with E-state index in [1.54, 1.807) is 0 Å². The van der Waals surface area contributed by atoms with Crippen molar-refractivity contribution < 1.29 is 29.7 Å². The fourth-order valence-corrected chi connectivity index (χ4v) is 19.2. The van der Waals surface area contributed by atoms with Crippen molar-refractivity contribution in [2.75, 3.05) is 19.6 Å². The van der Waals surface area contributed by atoms with Gasteiger partial charge in [0, 0.05) is 79.1 Å². The van der Waals surface area contributed by atoms with Gasteiger partial charge in [-0.25, -0.2) is 0 Å². The molecule has 0 aliphatic carbocycles. The molecule has 2 heterocycles. The molecule has 0 N–H and O–H groups in total. The third kappa shape index (κ3) is 14.7. The van der Waals surface area contributed by atoms with E-state index in [1.807, 2.05) is 26.2 Å². The van der Waals surface area contributed by atoms with E-state index in [0.29, 0.717) is 0 Å². The molecule has 0 bridgehead atoms. The predicted octanol–water partition coefficient (Wildman–Crippen LogP) is 31.7. The number of nitrogens with zero attached hydrogens (tertiary/aromatic N) is 8. The van der Waals surface area contributed by atoms with E-state index in [4.69, 9.17) is 19.9 Å². The van der Waals surface area contributed by atoms with E-state index in [-0.39, 0.29) is 38.1 Å². The van der Waals surface area contributed by atoms with Crippen molar-refractivity contribution in [2.45, 2.75) is 34.1 Å². The molecule has 10 nitrogen and oxygen atoms in total. The zero-order valence-corrected chi connectivity index (χ0v) is 74.1. The Morgan fingerprint density at radius 2 is 0.485 bits per heavy atom. The first-order chi connectivity index (χ1) is 63.5. The molecule has 22 aromatic carbocycles. The molecule has 24 aromatic rings. The Morgan fingerprint density at radius 1 is 0.238 bits per heavy atom. The zero-order valence-electron chi connectivity index (χ0n) is 71.7. The third-order valence-electron chi connectivity index (χ3n) is 24.7. The minimum Gasteiger partial charge on any atom is -0.328 e. The summed E-state index contributed by atoms with van der Waals surface area (Å²) in [7, 11) is 0. The fraction of sp³-hybridized carbons (Fsp3) is 0.0420. The molecule has 0 atom stereocenters. The van der Waals surface area contributed by atoms with Crippen molar-refractivity contribution in [3.05, 3.63) is 436 Å². The Hall–Kier alpha value is -16.2. The first-order valence-electron chi connectivity index (χ1n) is 43.6. The molecule has 0 amide bonds. The Bertz CT molecular complexity index is 8110. The van der Waals surface area contributed by atoms with Crippen molar-refractivity contribution in [1.82, 2.24) is 19.9 Å². The monoisotopic (exact) mass is 1850 g/mol. The van der Waals surface area contributed by atoms with Gasteiger partial charge in [-0.3, -0.25) is 19.6 Å². The number of Topliss-reactive ketones (excluding diaryl/α,β-unsaturated/α-hetero) is 2. The number of rotatable bonds is 14. The number of carbonyl (C=O) groups is 2. The minimum atomic E-state index is -0.0625. The SMILES string of the molecule is CC(=O)CC(C)=O.Cc1cnc2c3[c-]c(N(c4ccccc4)c4cc5ccccc5c5ccccc45)ccc3c3ccc(N(c4ccccc4)c4cc5ccccc5c5ccccc45)cc3c2n1.Cc1cnc2c3[c-]c(N(c4ccccc4)c4cc5ccccc5c5ccccc45)ccc3c3ccc(N(c4ccccc4)c4cc5ccccc5c5ccccc45)cc3c2n1.[Ir+3]. The maximum atomic E-state index is 10.0. The van der Waals surface area contributed by atoms with E-state index in [1.165, 1.54) is 100 Å². The summed E-state index contributed by atoms with van der Waals surface area (Å²) in [6.45, 7) is 6.85. The molecule has 0 radical (unpaired) electrons. The van der Waals surface area contributed by atoms with Gasteiger partial charge in [0.05, 0.1) is 51.6 Å².